The van der Waals surface area contributed by atoms with E-state index in [1.165, 1.54) is 0 Å². The summed E-state index contributed by atoms with van der Waals surface area (Å²) in [5, 5.41) is 3.24. The number of hydrogen-bond donors (Lipinski definition) is 2. The zero-order chi connectivity index (χ0) is 15.5. The van der Waals surface area contributed by atoms with Crippen LogP contribution in [0.2, 0.25) is 0 Å². The van der Waals surface area contributed by atoms with Crippen LogP contribution in [0.5, 0.6) is 0 Å². The van der Waals surface area contributed by atoms with Crippen LogP contribution in [0, 0.1) is 13.8 Å². The lowest BCUT2D eigenvalue weighted by Crippen LogP contribution is -2.35. The number of aryl methyl sites for hydroxylation is 1. The first-order valence-corrected chi connectivity index (χ1v) is 9.98. The molecule has 2 rings (SSSR count). The Labute approximate surface area is 132 Å². The van der Waals surface area contributed by atoms with Gasteiger partial charge in [-0.05, 0) is 55.3 Å². The van der Waals surface area contributed by atoms with Gasteiger partial charge in [0.05, 0.1) is 4.90 Å². The molecule has 0 aliphatic carbocycles. The van der Waals surface area contributed by atoms with E-state index in [4.69, 9.17) is 0 Å². The van der Waals surface area contributed by atoms with Gasteiger partial charge in [-0.3, -0.25) is 0 Å². The Hall–Kier alpha value is -0.560. The molecule has 0 bridgehead atoms. The maximum atomic E-state index is 12.6. The molecule has 118 valence electrons. The van der Waals surface area contributed by atoms with E-state index < -0.39 is 10.0 Å². The Balaban J connectivity index is 2.29. The Morgan fingerprint density at radius 2 is 2.10 bits per heavy atom. The van der Waals surface area contributed by atoms with Crippen molar-refractivity contribution in [2.24, 2.45) is 0 Å². The maximum absolute atomic E-state index is 12.6. The van der Waals surface area contributed by atoms with Crippen molar-refractivity contribution in [1.29, 1.82) is 0 Å². The summed E-state index contributed by atoms with van der Waals surface area (Å²) in [4.78, 5) is 0.423. The fraction of sp³-hybridized carbons (Fsp3) is 0.600. The lowest BCUT2D eigenvalue weighted by molar-refractivity contribution is 0.562. The van der Waals surface area contributed by atoms with Gasteiger partial charge in [0.1, 0.15) is 0 Å². The van der Waals surface area contributed by atoms with Gasteiger partial charge in [0.2, 0.25) is 10.0 Å². The van der Waals surface area contributed by atoms with E-state index in [9.17, 15) is 8.42 Å². The van der Waals surface area contributed by atoms with Crippen molar-refractivity contribution in [3.05, 3.63) is 28.8 Å². The average molecular weight is 329 g/mol. The van der Waals surface area contributed by atoms with Gasteiger partial charge in [0.15, 0.2) is 0 Å². The predicted octanol–water partition coefficient (Wildman–Crippen LogP) is 2.20. The van der Waals surface area contributed by atoms with Gasteiger partial charge in [-0.25, -0.2) is 13.1 Å². The molecule has 6 heteroatoms. The van der Waals surface area contributed by atoms with Gasteiger partial charge >= 0.3 is 0 Å². The first-order valence-electron chi connectivity index (χ1n) is 7.35. The van der Waals surface area contributed by atoms with Crippen molar-refractivity contribution in [2.45, 2.75) is 44.7 Å². The molecule has 1 fully saturated rings. The number of rotatable bonds is 6. The van der Waals surface area contributed by atoms with Crippen molar-refractivity contribution < 1.29 is 8.42 Å². The third-order valence-electron chi connectivity index (χ3n) is 3.80. The maximum Gasteiger partial charge on any atom is 0.241 e. The molecule has 0 amide bonds. The number of thioether (sulfide) groups is 1. The normalized spacial score (nSPS) is 19.1. The van der Waals surface area contributed by atoms with Crippen molar-refractivity contribution in [3.8, 4) is 0 Å². The third kappa shape index (κ3) is 4.22. The summed E-state index contributed by atoms with van der Waals surface area (Å²) in [5.74, 6) is 1.90. The number of benzene rings is 1. The van der Waals surface area contributed by atoms with Gasteiger partial charge < -0.3 is 5.32 Å². The SMILES string of the molecule is CCNCc1cc(C)c(C)c(S(=O)(=O)NC2CCSC2)c1. The van der Waals surface area contributed by atoms with Crippen LogP contribution < -0.4 is 10.0 Å². The second-order valence-corrected chi connectivity index (χ2v) is 8.33. The molecule has 0 saturated carbocycles. The van der Waals surface area contributed by atoms with Gasteiger partial charge in [-0.2, -0.15) is 11.8 Å². The topological polar surface area (TPSA) is 58.2 Å². The van der Waals surface area contributed by atoms with E-state index >= 15 is 0 Å². The van der Waals surface area contributed by atoms with E-state index in [-0.39, 0.29) is 6.04 Å². The van der Waals surface area contributed by atoms with Crippen LogP contribution in [-0.2, 0) is 16.6 Å². The number of sulfonamides is 1. The molecule has 0 spiro atoms. The third-order valence-corrected chi connectivity index (χ3v) is 6.61. The zero-order valence-electron chi connectivity index (χ0n) is 12.9. The number of nitrogens with one attached hydrogen (secondary N) is 2. The molecule has 21 heavy (non-hydrogen) atoms. The molecule has 1 aliphatic rings. The first kappa shape index (κ1) is 16.8. The molecular weight excluding hydrogens is 304 g/mol. The highest BCUT2D eigenvalue weighted by Gasteiger charge is 2.25. The van der Waals surface area contributed by atoms with E-state index in [1.807, 2.05) is 20.8 Å². The van der Waals surface area contributed by atoms with Crippen molar-refractivity contribution in [1.82, 2.24) is 10.0 Å². The summed E-state index contributed by atoms with van der Waals surface area (Å²) in [7, 11) is -3.44. The van der Waals surface area contributed by atoms with Crippen LogP contribution in [0.25, 0.3) is 0 Å². The smallest absolute Gasteiger partial charge is 0.241 e. The molecular formula is C15H24N2O2S2. The highest BCUT2D eigenvalue weighted by Crippen LogP contribution is 2.24. The van der Waals surface area contributed by atoms with Gasteiger partial charge in [-0.1, -0.05) is 13.0 Å². The molecule has 1 saturated heterocycles. The summed E-state index contributed by atoms with van der Waals surface area (Å²) >= 11 is 1.80. The van der Waals surface area contributed by atoms with Crippen molar-refractivity contribution in [2.75, 3.05) is 18.1 Å². The average Bonchev–Trinajstić information content (AvgIpc) is 2.91. The van der Waals surface area contributed by atoms with Crippen LogP contribution >= 0.6 is 11.8 Å². The fourth-order valence-electron chi connectivity index (χ4n) is 2.46. The largest absolute Gasteiger partial charge is 0.313 e. The lowest BCUT2D eigenvalue weighted by atomic mass is 10.1. The molecule has 1 aromatic rings. The van der Waals surface area contributed by atoms with Gasteiger partial charge in [0, 0.05) is 18.3 Å². The second-order valence-electron chi connectivity index (χ2n) is 5.50. The molecule has 1 aromatic carbocycles. The summed E-state index contributed by atoms with van der Waals surface area (Å²) < 4.78 is 28.1. The molecule has 0 aromatic heterocycles. The minimum Gasteiger partial charge on any atom is -0.313 e. The first-order chi connectivity index (χ1) is 9.94. The summed E-state index contributed by atoms with van der Waals surface area (Å²) in [6.45, 7) is 7.45. The minimum absolute atomic E-state index is 0.0668. The fourth-order valence-corrected chi connectivity index (χ4v) is 5.36. The molecule has 4 nitrogen and oxygen atoms in total. The zero-order valence-corrected chi connectivity index (χ0v) is 14.5. The van der Waals surface area contributed by atoms with Crippen LogP contribution in [0.1, 0.15) is 30.0 Å². The Kier molecular flexibility index (Phi) is 5.71. The molecule has 1 heterocycles. The second kappa shape index (κ2) is 7.13. The van der Waals surface area contributed by atoms with Crippen LogP contribution in [0.15, 0.2) is 17.0 Å². The van der Waals surface area contributed by atoms with Gasteiger partial charge in [-0.15, -0.1) is 0 Å². The van der Waals surface area contributed by atoms with Crippen molar-refractivity contribution >= 4 is 21.8 Å². The Morgan fingerprint density at radius 1 is 1.33 bits per heavy atom. The standard InChI is InChI=1S/C15H24N2O2S2/c1-4-16-9-13-7-11(2)12(3)15(8-13)21(18,19)17-14-5-6-20-10-14/h7-8,14,16-17H,4-6,9-10H2,1-3H3. The molecule has 0 radical (unpaired) electrons. The monoisotopic (exact) mass is 328 g/mol. The highest BCUT2D eigenvalue weighted by molar-refractivity contribution is 7.99. The number of hydrogen-bond acceptors (Lipinski definition) is 4. The summed E-state index contributed by atoms with van der Waals surface area (Å²) in [6, 6.07) is 3.93. The minimum atomic E-state index is -3.44. The van der Waals surface area contributed by atoms with Crippen LogP contribution in [0.4, 0.5) is 0 Å². The summed E-state index contributed by atoms with van der Waals surface area (Å²) in [6.07, 6.45) is 0.916. The molecule has 1 aliphatic heterocycles. The molecule has 1 atom stereocenters. The predicted molar refractivity (Wildman–Crippen MR) is 89.3 cm³/mol. The van der Waals surface area contributed by atoms with E-state index in [2.05, 4.69) is 16.1 Å². The van der Waals surface area contributed by atoms with Crippen LogP contribution in [-0.4, -0.2) is 32.5 Å². The van der Waals surface area contributed by atoms with Crippen molar-refractivity contribution in [3.63, 3.8) is 0 Å². The lowest BCUT2D eigenvalue weighted by Gasteiger charge is -2.16. The van der Waals surface area contributed by atoms with Gasteiger partial charge in [0.25, 0.3) is 0 Å². The molecule has 2 N–H and O–H groups in total. The highest BCUT2D eigenvalue weighted by atomic mass is 32.2. The van der Waals surface area contributed by atoms with E-state index in [1.54, 1.807) is 17.8 Å². The van der Waals surface area contributed by atoms with Crippen LogP contribution in [0.3, 0.4) is 0 Å². The summed E-state index contributed by atoms with van der Waals surface area (Å²) in [5.41, 5.74) is 2.88. The van der Waals surface area contributed by atoms with E-state index in [0.29, 0.717) is 11.4 Å². The molecule has 1 unspecified atom stereocenters. The quantitative estimate of drug-likeness (QED) is 0.840. The van der Waals surface area contributed by atoms with E-state index in [0.717, 1.165) is 41.2 Å². The Bertz CT molecular complexity index is 594. The Morgan fingerprint density at radius 3 is 2.71 bits per heavy atom.